The van der Waals surface area contributed by atoms with Crippen molar-refractivity contribution in [1.29, 1.82) is 0 Å². The van der Waals surface area contributed by atoms with Gasteiger partial charge in [-0.1, -0.05) is 0 Å². The molecule has 2 rings (SSSR count). The lowest BCUT2D eigenvalue weighted by atomic mass is 10.5. The zero-order chi connectivity index (χ0) is 9.26. The molecule has 1 saturated carbocycles. The third-order valence-electron chi connectivity index (χ3n) is 2.75. The minimum Gasteiger partial charge on any atom is -0.322 e. The fourth-order valence-electron chi connectivity index (χ4n) is 1.78. The van der Waals surface area contributed by atoms with E-state index in [1.54, 1.807) is 0 Å². The van der Waals surface area contributed by atoms with Gasteiger partial charge in [-0.05, 0) is 19.9 Å². The molecule has 13 heavy (non-hydrogen) atoms. The second kappa shape index (κ2) is 3.54. The molecular weight excluding hydrogens is 166 g/mol. The molecule has 0 aromatic heterocycles. The minimum atomic E-state index is 0.248. The molecule has 0 aromatic rings. The van der Waals surface area contributed by atoms with Gasteiger partial charge < -0.3 is 15.1 Å². The number of rotatable bonds is 4. The summed E-state index contributed by atoms with van der Waals surface area (Å²) in [4.78, 5) is 15.7. The molecule has 0 spiro atoms. The summed E-state index contributed by atoms with van der Waals surface area (Å²) >= 11 is 0. The van der Waals surface area contributed by atoms with Crippen LogP contribution in [0.15, 0.2) is 0 Å². The third kappa shape index (κ3) is 1.77. The Kier molecular flexibility index (Phi) is 2.40. The highest BCUT2D eigenvalue weighted by Crippen LogP contribution is 2.29. The normalized spacial score (nSPS) is 23.0. The van der Waals surface area contributed by atoms with E-state index in [2.05, 4.69) is 5.32 Å². The first-order valence-electron chi connectivity index (χ1n) is 5.03. The Labute approximate surface area is 78.9 Å². The maximum atomic E-state index is 11.7. The summed E-state index contributed by atoms with van der Waals surface area (Å²) in [6.45, 7) is 3.59. The predicted molar refractivity (Wildman–Crippen MR) is 50.6 cm³/mol. The molecule has 2 amide bonds. The van der Waals surface area contributed by atoms with Crippen LogP contribution in [0.2, 0.25) is 0 Å². The smallest absolute Gasteiger partial charge is 0.320 e. The lowest BCUT2D eigenvalue weighted by Crippen LogP contribution is -2.36. The Bertz CT molecular complexity index is 203. The first-order valence-corrected chi connectivity index (χ1v) is 5.03. The van der Waals surface area contributed by atoms with Crippen molar-refractivity contribution in [1.82, 2.24) is 15.1 Å². The fourth-order valence-corrected chi connectivity index (χ4v) is 1.78. The molecule has 1 aliphatic heterocycles. The van der Waals surface area contributed by atoms with Gasteiger partial charge in [-0.2, -0.15) is 0 Å². The first kappa shape index (κ1) is 8.81. The van der Waals surface area contributed by atoms with Crippen molar-refractivity contribution in [3.8, 4) is 0 Å². The molecule has 0 aromatic carbocycles. The molecule has 0 unspecified atom stereocenters. The van der Waals surface area contributed by atoms with Gasteiger partial charge >= 0.3 is 6.03 Å². The molecule has 0 atom stereocenters. The SMILES string of the molecule is CNCCN1CCN(C2CC2)C1=O. The quantitative estimate of drug-likeness (QED) is 0.671. The van der Waals surface area contributed by atoms with Gasteiger partial charge in [0.25, 0.3) is 0 Å². The molecule has 2 aliphatic rings. The highest BCUT2D eigenvalue weighted by molar-refractivity contribution is 5.77. The second-order valence-corrected chi connectivity index (χ2v) is 3.80. The van der Waals surface area contributed by atoms with Crippen molar-refractivity contribution >= 4 is 6.03 Å². The third-order valence-corrected chi connectivity index (χ3v) is 2.75. The standard InChI is InChI=1S/C9H17N3O/c1-10-4-5-11-6-7-12(9(11)13)8-2-3-8/h8,10H,2-7H2,1H3. The van der Waals surface area contributed by atoms with Crippen LogP contribution in [0.3, 0.4) is 0 Å². The van der Waals surface area contributed by atoms with E-state index >= 15 is 0 Å². The average molecular weight is 183 g/mol. The van der Waals surface area contributed by atoms with Crippen LogP contribution in [-0.4, -0.2) is 55.1 Å². The molecule has 4 nitrogen and oxygen atoms in total. The van der Waals surface area contributed by atoms with E-state index < -0.39 is 0 Å². The number of carbonyl (C=O) groups is 1. The van der Waals surface area contributed by atoms with Crippen molar-refractivity contribution in [2.75, 3.05) is 33.2 Å². The largest absolute Gasteiger partial charge is 0.322 e. The van der Waals surface area contributed by atoms with Crippen molar-refractivity contribution in [3.63, 3.8) is 0 Å². The number of urea groups is 1. The summed E-state index contributed by atoms with van der Waals surface area (Å²) < 4.78 is 0. The lowest BCUT2D eigenvalue weighted by Gasteiger charge is -2.17. The van der Waals surface area contributed by atoms with Gasteiger partial charge in [-0.25, -0.2) is 4.79 Å². The van der Waals surface area contributed by atoms with Crippen molar-refractivity contribution in [2.24, 2.45) is 0 Å². The molecular formula is C9H17N3O. The van der Waals surface area contributed by atoms with Gasteiger partial charge in [0.05, 0.1) is 0 Å². The van der Waals surface area contributed by atoms with Crippen LogP contribution < -0.4 is 5.32 Å². The van der Waals surface area contributed by atoms with Gasteiger partial charge in [0, 0.05) is 32.2 Å². The number of nitrogens with one attached hydrogen (secondary N) is 1. The molecule has 1 N–H and O–H groups in total. The Balaban J connectivity index is 1.83. The number of hydrogen-bond acceptors (Lipinski definition) is 2. The van der Waals surface area contributed by atoms with E-state index in [1.165, 1.54) is 12.8 Å². The Morgan fingerprint density at radius 3 is 2.85 bits per heavy atom. The molecule has 1 heterocycles. The molecule has 0 bridgehead atoms. The topological polar surface area (TPSA) is 35.6 Å². The number of amides is 2. The molecule has 4 heteroatoms. The van der Waals surface area contributed by atoms with Crippen LogP contribution in [0, 0.1) is 0 Å². The van der Waals surface area contributed by atoms with Crippen LogP contribution in [0.25, 0.3) is 0 Å². The van der Waals surface area contributed by atoms with Gasteiger partial charge in [-0.15, -0.1) is 0 Å². The summed E-state index contributed by atoms with van der Waals surface area (Å²) in [7, 11) is 1.92. The number of hydrogen-bond donors (Lipinski definition) is 1. The molecule has 0 radical (unpaired) electrons. The highest BCUT2D eigenvalue weighted by Gasteiger charge is 2.38. The van der Waals surface area contributed by atoms with Gasteiger partial charge in [-0.3, -0.25) is 0 Å². The molecule has 1 aliphatic carbocycles. The van der Waals surface area contributed by atoms with Crippen LogP contribution in [-0.2, 0) is 0 Å². The maximum absolute atomic E-state index is 11.7. The molecule has 1 saturated heterocycles. The van der Waals surface area contributed by atoms with E-state index in [-0.39, 0.29) is 6.03 Å². The summed E-state index contributed by atoms with van der Waals surface area (Å²) in [5, 5.41) is 3.06. The summed E-state index contributed by atoms with van der Waals surface area (Å²) in [6.07, 6.45) is 2.43. The highest BCUT2D eigenvalue weighted by atomic mass is 16.2. The predicted octanol–water partition coefficient (Wildman–Crippen LogP) is 0.106. The Hall–Kier alpha value is -0.770. The zero-order valence-corrected chi connectivity index (χ0v) is 8.12. The number of nitrogens with zero attached hydrogens (tertiary/aromatic N) is 2. The Morgan fingerprint density at radius 2 is 2.23 bits per heavy atom. The van der Waals surface area contributed by atoms with Crippen molar-refractivity contribution < 1.29 is 4.79 Å². The fraction of sp³-hybridized carbons (Fsp3) is 0.889. The van der Waals surface area contributed by atoms with Gasteiger partial charge in [0.2, 0.25) is 0 Å². The van der Waals surface area contributed by atoms with E-state index in [9.17, 15) is 4.79 Å². The number of likely N-dealkylation sites (N-methyl/N-ethyl adjacent to an activating group) is 1. The average Bonchev–Trinajstić information content (AvgIpc) is 2.89. The maximum Gasteiger partial charge on any atom is 0.320 e. The van der Waals surface area contributed by atoms with Crippen molar-refractivity contribution in [3.05, 3.63) is 0 Å². The zero-order valence-electron chi connectivity index (χ0n) is 8.12. The van der Waals surface area contributed by atoms with E-state index in [0.29, 0.717) is 6.04 Å². The summed E-state index contributed by atoms with van der Waals surface area (Å²) in [5.41, 5.74) is 0. The minimum absolute atomic E-state index is 0.248. The van der Waals surface area contributed by atoms with Gasteiger partial charge in [0.15, 0.2) is 0 Å². The molecule has 2 fully saturated rings. The van der Waals surface area contributed by atoms with E-state index in [0.717, 1.165) is 26.2 Å². The lowest BCUT2D eigenvalue weighted by molar-refractivity contribution is 0.190. The Morgan fingerprint density at radius 1 is 1.46 bits per heavy atom. The van der Waals surface area contributed by atoms with Crippen LogP contribution >= 0.6 is 0 Å². The summed E-state index contributed by atoms with van der Waals surface area (Å²) in [5.74, 6) is 0. The van der Waals surface area contributed by atoms with Gasteiger partial charge in [0.1, 0.15) is 0 Å². The van der Waals surface area contributed by atoms with Crippen molar-refractivity contribution in [2.45, 2.75) is 18.9 Å². The van der Waals surface area contributed by atoms with E-state index in [4.69, 9.17) is 0 Å². The first-order chi connectivity index (χ1) is 6.33. The summed E-state index contributed by atoms with van der Waals surface area (Å²) in [6, 6.07) is 0.824. The van der Waals surface area contributed by atoms with Crippen LogP contribution in [0.1, 0.15) is 12.8 Å². The van der Waals surface area contributed by atoms with E-state index in [1.807, 2.05) is 16.8 Å². The van der Waals surface area contributed by atoms with Crippen LogP contribution in [0.5, 0.6) is 0 Å². The second-order valence-electron chi connectivity index (χ2n) is 3.80. The monoisotopic (exact) mass is 183 g/mol. The molecule has 74 valence electrons. The van der Waals surface area contributed by atoms with Crippen LogP contribution in [0.4, 0.5) is 4.79 Å². The number of carbonyl (C=O) groups excluding carboxylic acids is 1.